The quantitative estimate of drug-likeness (QED) is 0.598. The lowest BCUT2D eigenvalue weighted by Gasteiger charge is -2.19. The number of anilines is 1. The molecule has 64 valence electrons. The smallest absolute Gasteiger partial charge is 0.0455 e. The highest BCUT2D eigenvalue weighted by Gasteiger charge is 2.13. The van der Waals surface area contributed by atoms with Gasteiger partial charge in [0, 0.05) is 17.3 Å². The molecule has 0 fully saturated rings. The van der Waals surface area contributed by atoms with E-state index in [4.69, 9.17) is 17.3 Å². The fraction of sp³-hybridized carbons (Fsp3) is 0.333. The lowest BCUT2D eigenvalue weighted by atomic mass is 9.99. The van der Waals surface area contributed by atoms with Crippen LogP contribution in [0.3, 0.4) is 0 Å². The van der Waals surface area contributed by atoms with Crippen LogP contribution in [0.15, 0.2) is 12.1 Å². The van der Waals surface area contributed by atoms with Crippen LogP contribution in [0.25, 0.3) is 0 Å². The van der Waals surface area contributed by atoms with Gasteiger partial charge in [0.05, 0.1) is 0 Å². The second kappa shape index (κ2) is 2.96. The van der Waals surface area contributed by atoms with Crippen LogP contribution in [-0.4, -0.2) is 6.54 Å². The number of nitrogens with two attached hydrogens (primary N) is 1. The number of benzene rings is 1. The Morgan fingerprint density at radius 2 is 2.17 bits per heavy atom. The number of halogens is 1. The highest BCUT2D eigenvalue weighted by molar-refractivity contribution is 6.31. The van der Waals surface area contributed by atoms with Gasteiger partial charge in [0.15, 0.2) is 0 Å². The zero-order chi connectivity index (χ0) is 8.55. The molecular formula is C9H11ClN2. The second-order valence-electron chi connectivity index (χ2n) is 3.02. The van der Waals surface area contributed by atoms with E-state index in [0.717, 1.165) is 30.2 Å². The third-order valence-electron chi connectivity index (χ3n) is 2.26. The largest absolute Gasteiger partial charge is 0.398 e. The van der Waals surface area contributed by atoms with Crippen molar-refractivity contribution in [2.24, 2.45) is 0 Å². The molecule has 0 amide bonds. The van der Waals surface area contributed by atoms with Crippen LogP contribution in [0.1, 0.15) is 11.1 Å². The lowest BCUT2D eigenvalue weighted by molar-refractivity contribution is 0.645. The van der Waals surface area contributed by atoms with Crippen molar-refractivity contribution >= 4 is 17.3 Å². The summed E-state index contributed by atoms with van der Waals surface area (Å²) in [5, 5.41) is 4.09. The molecule has 3 heteroatoms. The van der Waals surface area contributed by atoms with E-state index in [2.05, 4.69) is 5.32 Å². The minimum absolute atomic E-state index is 0.825. The Morgan fingerprint density at radius 1 is 1.33 bits per heavy atom. The molecule has 0 spiro atoms. The molecule has 0 unspecified atom stereocenters. The maximum atomic E-state index is 6.02. The molecule has 3 N–H and O–H groups in total. The van der Waals surface area contributed by atoms with E-state index in [9.17, 15) is 0 Å². The molecular weight excluding hydrogens is 172 g/mol. The minimum atomic E-state index is 0.825. The van der Waals surface area contributed by atoms with Gasteiger partial charge in [-0.05, 0) is 36.2 Å². The SMILES string of the molecule is Nc1ccc(Cl)c2c1CCNC2. The van der Waals surface area contributed by atoms with Gasteiger partial charge in [-0.25, -0.2) is 0 Å². The van der Waals surface area contributed by atoms with Gasteiger partial charge in [-0.1, -0.05) is 11.6 Å². The fourth-order valence-corrected chi connectivity index (χ4v) is 1.84. The average Bonchev–Trinajstić information content (AvgIpc) is 2.12. The Morgan fingerprint density at radius 3 is 2.92 bits per heavy atom. The van der Waals surface area contributed by atoms with E-state index >= 15 is 0 Å². The number of nitrogens with one attached hydrogen (secondary N) is 1. The summed E-state index contributed by atoms with van der Waals surface area (Å²) in [6, 6.07) is 3.75. The van der Waals surface area contributed by atoms with Crippen LogP contribution in [-0.2, 0) is 13.0 Å². The Kier molecular flexibility index (Phi) is 1.95. The molecule has 0 atom stereocenters. The molecule has 0 saturated heterocycles. The summed E-state index contributed by atoms with van der Waals surface area (Å²) in [5.74, 6) is 0. The van der Waals surface area contributed by atoms with Gasteiger partial charge in [-0.2, -0.15) is 0 Å². The van der Waals surface area contributed by atoms with Crippen molar-refractivity contribution in [2.75, 3.05) is 12.3 Å². The molecule has 1 heterocycles. The monoisotopic (exact) mass is 182 g/mol. The van der Waals surface area contributed by atoms with Gasteiger partial charge in [0.2, 0.25) is 0 Å². The minimum Gasteiger partial charge on any atom is -0.398 e. The first-order valence-corrected chi connectivity index (χ1v) is 4.43. The summed E-state index contributed by atoms with van der Waals surface area (Å²) >= 11 is 6.02. The van der Waals surface area contributed by atoms with E-state index < -0.39 is 0 Å². The van der Waals surface area contributed by atoms with Gasteiger partial charge < -0.3 is 11.1 Å². The standard InChI is InChI=1S/C9H11ClN2/c10-8-1-2-9(11)6-3-4-12-5-7(6)8/h1-2,12H,3-5,11H2. The van der Waals surface area contributed by atoms with Gasteiger partial charge >= 0.3 is 0 Å². The molecule has 0 saturated carbocycles. The van der Waals surface area contributed by atoms with Crippen molar-refractivity contribution in [3.63, 3.8) is 0 Å². The Balaban J connectivity index is 2.57. The van der Waals surface area contributed by atoms with Gasteiger partial charge in [0.25, 0.3) is 0 Å². The molecule has 0 aliphatic carbocycles. The first kappa shape index (κ1) is 7.90. The zero-order valence-corrected chi connectivity index (χ0v) is 7.49. The number of nitrogen functional groups attached to an aromatic ring is 1. The Bertz CT molecular complexity index is 279. The maximum Gasteiger partial charge on any atom is 0.0455 e. The summed E-state index contributed by atoms with van der Waals surface area (Å²) in [5.41, 5.74) is 9.09. The molecule has 0 aromatic heterocycles. The summed E-state index contributed by atoms with van der Waals surface area (Å²) in [4.78, 5) is 0. The number of hydrogen-bond acceptors (Lipinski definition) is 2. The van der Waals surface area contributed by atoms with Crippen LogP contribution >= 0.6 is 11.6 Å². The molecule has 12 heavy (non-hydrogen) atoms. The third-order valence-corrected chi connectivity index (χ3v) is 2.62. The maximum absolute atomic E-state index is 6.02. The van der Waals surface area contributed by atoms with E-state index in [1.807, 2.05) is 12.1 Å². The molecule has 1 aromatic rings. The highest BCUT2D eigenvalue weighted by Crippen LogP contribution is 2.27. The molecule has 2 rings (SSSR count). The summed E-state index contributed by atoms with van der Waals surface area (Å²) in [7, 11) is 0. The van der Waals surface area contributed by atoms with Crippen molar-refractivity contribution in [3.8, 4) is 0 Å². The molecule has 1 aliphatic heterocycles. The van der Waals surface area contributed by atoms with E-state index in [1.54, 1.807) is 0 Å². The van der Waals surface area contributed by atoms with Crippen molar-refractivity contribution in [3.05, 3.63) is 28.3 Å². The van der Waals surface area contributed by atoms with E-state index in [0.29, 0.717) is 0 Å². The van der Waals surface area contributed by atoms with Crippen molar-refractivity contribution < 1.29 is 0 Å². The number of fused-ring (bicyclic) bond motifs is 1. The Labute approximate surface area is 76.7 Å². The molecule has 2 nitrogen and oxygen atoms in total. The van der Waals surface area contributed by atoms with E-state index in [1.165, 1.54) is 11.1 Å². The van der Waals surface area contributed by atoms with Crippen molar-refractivity contribution in [1.82, 2.24) is 5.32 Å². The first-order valence-electron chi connectivity index (χ1n) is 4.05. The van der Waals surface area contributed by atoms with Crippen LogP contribution in [0.5, 0.6) is 0 Å². The van der Waals surface area contributed by atoms with Crippen LogP contribution in [0, 0.1) is 0 Å². The fourth-order valence-electron chi connectivity index (χ4n) is 1.60. The normalized spacial score (nSPS) is 15.8. The predicted molar refractivity (Wildman–Crippen MR) is 51.3 cm³/mol. The van der Waals surface area contributed by atoms with Gasteiger partial charge in [-0.15, -0.1) is 0 Å². The van der Waals surface area contributed by atoms with Gasteiger partial charge in [-0.3, -0.25) is 0 Å². The van der Waals surface area contributed by atoms with E-state index in [-0.39, 0.29) is 0 Å². The second-order valence-corrected chi connectivity index (χ2v) is 3.43. The molecule has 0 radical (unpaired) electrons. The molecule has 0 bridgehead atoms. The Hall–Kier alpha value is -0.730. The van der Waals surface area contributed by atoms with Crippen LogP contribution < -0.4 is 11.1 Å². The van der Waals surface area contributed by atoms with Gasteiger partial charge in [0.1, 0.15) is 0 Å². The summed E-state index contributed by atoms with van der Waals surface area (Å²) in [6.07, 6.45) is 0.988. The van der Waals surface area contributed by atoms with Crippen LogP contribution in [0.4, 0.5) is 5.69 Å². The van der Waals surface area contributed by atoms with Crippen molar-refractivity contribution in [1.29, 1.82) is 0 Å². The molecule has 1 aromatic carbocycles. The summed E-state index contributed by atoms with van der Waals surface area (Å²) < 4.78 is 0. The highest BCUT2D eigenvalue weighted by atomic mass is 35.5. The number of rotatable bonds is 0. The number of hydrogen-bond donors (Lipinski definition) is 2. The van der Waals surface area contributed by atoms with Crippen LogP contribution in [0.2, 0.25) is 5.02 Å². The summed E-state index contributed by atoms with van der Waals surface area (Å²) in [6.45, 7) is 1.84. The lowest BCUT2D eigenvalue weighted by Crippen LogP contribution is -2.24. The third kappa shape index (κ3) is 1.17. The topological polar surface area (TPSA) is 38.0 Å². The molecule has 1 aliphatic rings. The predicted octanol–water partition coefficient (Wildman–Crippen LogP) is 1.57. The zero-order valence-electron chi connectivity index (χ0n) is 6.73. The first-order chi connectivity index (χ1) is 5.79. The average molecular weight is 183 g/mol. The van der Waals surface area contributed by atoms with Crippen molar-refractivity contribution in [2.45, 2.75) is 13.0 Å².